The predicted molar refractivity (Wildman–Crippen MR) is 145 cm³/mol. The molecule has 0 aromatic heterocycles. The number of carboxylic acid groups (broad SMARTS) is 2. The van der Waals surface area contributed by atoms with Crippen molar-refractivity contribution in [3.63, 3.8) is 0 Å². The quantitative estimate of drug-likeness (QED) is 0.253. The number of amides is 1. The zero-order valence-corrected chi connectivity index (χ0v) is 20.5. The maximum absolute atomic E-state index is 13.2. The van der Waals surface area contributed by atoms with Gasteiger partial charge in [-0.05, 0) is 42.2 Å². The molecule has 0 fully saturated rings. The summed E-state index contributed by atoms with van der Waals surface area (Å²) in [5.41, 5.74) is 1.16. The molecule has 0 aliphatic rings. The summed E-state index contributed by atoms with van der Waals surface area (Å²) >= 11 is 0. The zero-order chi connectivity index (χ0) is 27.1. The van der Waals surface area contributed by atoms with E-state index in [0.717, 1.165) is 23.3 Å². The van der Waals surface area contributed by atoms with Crippen molar-refractivity contribution in [1.29, 1.82) is 0 Å². The van der Waals surface area contributed by atoms with Crippen molar-refractivity contribution in [3.05, 3.63) is 118 Å². The summed E-state index contributed by atoms with van der Waals surface area (Å²) in [6.07, 6.45) is 1.58. The van der Waals surface area contributed by atoms with Crippen LogP contribution in [0.4, 0.5) is 0 Å². The molecule has 4 aromatic carbocycles. The Morgan fingerprint density at radius 2 is 1.08 bits per heavy atom. The standard InChI is InChI=1S/C30H25BNO6/c33-27(31-17-15-19-7-3-1-4-8-19)21-11-12-22(28(34)32-18-16-20-9-5-2-6-10-20)26-24(30(37)38)14-13-23(25(21)26)29(35)36/h1-14H,15-18H2,(H,32,34)(H,35,36)(H,37,38). The third kappa shape index (κ3) is 5.98. The number of benzene rings is 4. The van der Waals surface area contributed by atoms with Gasteiger partial charge in [-0.15, -0.1) is 0 Å². The molecular weight excluding hydrogens is 481 g/mol. The van der Waals surface area contributed by atoms with Gasteiger partial charge in [0.15, 0.2) is 0 Å². The first-order chi connectivity index (χ1) is 18.4. The molecular formula is C30H25BNO6. The van der Waals surface area contributed by atoms with E-state index < -0.39 is 23.5 Å². The highest BCUT2D eigenvalue weighted by Gasteiger charge is 2.25. The topological polar surface area (TPSA) is 121 Å². The van der Waals surface area contributed by atoms with Gasteiger partial charge >= 0.3 is 11.9 Å². The molecule has 3 N–H and O–H groups in total. The minimum absolute atomic E-state index is 0.00519. The second kappa shape index (κ2) is 12.0. The van der Waals surface area contributed by atoms with E-state index >= 15 is 0 Å². The third-order valence-electron chi connectivity index (χ3n) is 6.28. The zero-order valence-electron chi connectivity index (χ0n) is 20.5. The van der Waals surface area contributed by atoms with Crippen LogP contribution in [0.25, 0.3) is 10.8 Å². The number of carbonyl (C=O) groups is 4. The molecule has 38 heavy (non-hydrogen) atoms. The van der Waals surface area contributed by atoms with Crippen LogP contribution in [0.5, 0.6) is 0 Å². The van der Waals surface area contributed by atoms with Crippen LogP contribution in [0, 0.1) is 0 Å². The number of carbonyl (C=O) groups excluding carboxylic acids is 2. The summed E-state index contributed by atoms with van der Waals surface area (Å²) in [6, 6.07) is 24.2. The van der Waals surface area contributed by atoms with Crippen LogP contribution >= 0.6 is 0 Å². The fraction of sp³-hybridized carbons (Fsp3) is 0.133. The molecule has 0 saturated carbocycles. The lowest BCUT2D eigenvalue weighted by Crippen LogP contribution is -2.26. The van der Waals surface area contributed by atoms with Crippen molar-refractivity contribution in [2.75, 3.05) is 6.54 Å². The lowest BCUT2D eigenvalue weighted by Gasteiger charge is -2.15. The fourth-order valence-electron chi connectivity index (χ4n) is 4.43. The number of carboxylic acids is 2. The van der Waals surface area contributed by atoms with Crippen LogP contribution < -0.4 is 5.32 Å². The fourth-order valence-corrected chi connectivity index (χ4v) is 4.43. The van der Waals surface area contributed by atoms with E-state index in [1.165, 1.54) is 19.4 Å². The largest absolute Gasteiger partial charge is 0.478 e. The lowest BCUT2D eigenvalue weighted by atomic mass is 9.65. The first-order valence-corrected chi connectivity index (χ1v) is 12.2. The number of hydrogen-bond donors (Lipinski definition) is 3. The van der Waals surface area contributed by atoms with Gasteiger partial charge in [0.2, 0.25) is 7.28 Å². The second-order valence-corrected chi connectivity index (χ2v) is 8.77. The number of nitrogens with one attached hydrogen (secondary N) is 1. The first-order valence-electron chi connectivity index (χ1n) is 12.2. The highest BCUT2D eigenvalue weighted by molar-refractivity contribution is 6.78. The highest BCUT2D eigenvalue weighted by Crippen LogP contribution is 2.31. The van der Waals surface area contributed by atoms with Crippen LogP contribution in [0.2, 0.25) is 6.32 Å². The summed E-state index contributed by atoms with van der Waals surface area (Å²) in [5, 5.41) is 22.4. The van der Waals surface area contributed by atoms with E-state index in [9.17, 15) is 29.4 Å². The Hall–Kier alpha value is -4.72. The Labute approximate surface area is 220 Å². The molecule has 189 valence electrons. The minimum Gasteiger partial charge on any atom is -0.478 e. The molecule has 7 nitrogen and oxygen atoms in total. The van der Waals surface area contributed by atoms with Crippen LogP contribution in [0.1, 0.15) is 52.6 Å². The van der Waals surface area contributed by atoms with Gasteiger partial charge in [-0.25, -0.2) is 9.59 Å². The molecule has 8 heteroatoms. The molecule has 0 spiro atoms. The number of hydrogen-bond acceptors (Lipinski definition) is 4. The molecule has 4 aromatic rings. The van der Waals surface area contributed by atoms with E-state index in [1.807, 2.05) is 60.7 Å². The van der Waals surface area contributed by atoms with Gasteiger partial charge in [-0.1, -0.05) is 73.1 Å². The summed E-state index contributed by atoms with van der Waals surface area (Å²) in [6.45, 7) is 0.291. The van der Waals surface area contributed by atoms with Crippen LogP contribution in [-0.4, -0.2) is 47.6 Å². The average molecular weight is 506 g/mol. The van der Waals surface area contributed by atoms with Crippen LogP contribution in [-0.2, 0) is 12.8 Å². The van der Waals surface area contributed by atoms with Crippen molar-refractivity contribution in [2.24, 2.45) is 0 Å². The number of aromatic carboxylic acids is 2. The molecule has 0 heterocycles. The predicted octanol–water partition coefficient (Wildman–Crippen LogP) is 4.71. The van der Waals surface area contributed by atoms with Crippen molar-refractivity contribution in [2.45, 2.75) is 19.2 Å². The smallest absolute Gasteiger partial charge is 0.336 e. The number of fused-ring (bicyclic) bond motifs is 1. The van der Waals surface area contributed by atoms with Gasteiger partial charge in [0, 0.05) is 28.4 Å². The molecule has 0 unspecified atom stereocenters. The molecule has 1 radical (unpaired) electrons. The van der Waals surface area contributed by atoms with Crippen molar-refractivity contribution >= 4 is 41.6 Å². The van der Waals surface area contributed by atoms with Gasteiger partial charge in [-0.2, -0.15) is 0 Å². The highest BCUT2D eigenvalue weighted by atomic mass is 16.4. The Kier molecular flexibility index (Phi) is 8.33. The van der Waals surface area contributed by atoms with Crippen LogP contribution in [0.3, 0.4) is 0 Å². The molecule has 0 saturated heterocycles. The molecule has 1 amide bonds. The molecule has 0 atom stereocenters. The Morgan fingerprint density at radius 3 is 1.63 bits per heavy atom. The van der Waals surface area contributed by atoms with E-state index in [1.54, 1.807) is 0 Å². The Balaban J connectivity index is 1.69. The lowest BCUT2D eigenvalue weighted by molar-refractivity contribution is 0.0684. The van der Waals surface area contributed by atoms with Crippen molar-refractivity contribution < 1.29 is 29.4 Å². The summed E-state index contributed by atoms with van der Waals surface area (Å²) in [5.74, 6) is -3.21. The Morgan fingerprint density at radius 1 is 0.605 bits per heavy atom. The van der Waals surface area contributed by atoms with Gasteiger partial charge in [0.25, 0.3) is 5.91 Å². The maximum Gasteiger partial charge on any atom is 0.336 e. The van der Waals surface area contributed by atoms with Gasteiger partial charge < -0.3 is 20.3 Å². The number of rotatable bonds is 11. The summed E-state index contributed by atoms with van der Waals surface area (Å²) in [4.78, 5) is 50.6. The van der Waals surface area contributed by atoms with Crippen molar-refractivity contribution in [1.82, 2.24) is 5.32 Å². The van der Waals surface area contributed by atoms with E-state index in [4.69, 9.17) is 0 Å². The molecule has 4 rings (SSSR count). The molecule has 0 bridgehead atoms. The van der Waals surface area contributed by atoms with Crippen LogP contribution in [0.15, 0.2) is 84.9 Å². The molecule has 0 aliphatic heterocycles. The summed E-state index contributed by atoms with van der Waals surface area (Å²) in [7, 11) is 1.46. The minimum atomic E-state index is -1.33. The maximum atomic E-state index is 13.2. The average Bonchev–Trinajstić information content (AvgIpc) is 2.92. The Bertz CT molecular complexity index is 1390. The van der Waals surface area contributed by atoms with E-state index in [-0.39, 0.29) is 33.0 Å². The first kappa shape index (κ1) is 26.4. The second-order valence-electron chi connectivity index (χ2n) is 8.77. The number of aryl methyl sites for hydroxylation is 1. The van der Waals surface area contributed by atoms with Gasteiger partial charge in [-0.3, -0.25) is 4.79 Å². The molecule has 0 aliphatic carbocycles. The van der Waals surface area contributed by atoms with E-state index in [0.29, 0.717) is 25.7 Å². The SMILES string of the molecule is O=C(O)c1ccc(C(=O)O)c2c(C(=O)NCCc3ccccc3)ccc(C(=O)[B]CCc3ccccc3)c12. The van der Waals surface area contributed by atoms with Gasteiger partial charge in [0.1, 0.15) is 5.68 Å². The summed E-state index contributed by atoms with van der Waals surface area (Å²) < 4.78 is 0. The van der Waals surface area contributed by atoms with Gasteiger partial charge in [0.05, 0.1) is 11.1 Å². The normalized spacial score (nSPS) is 10.6. The monoisotopic (exact) mass is 506 g/mol. The van der Waals surface area contributed by atoms with E-state index in [2.05, 4.69) is 5.32 Å². The van der Waals surface area contributed by atoms with Crippen molar-refractivity contribution in [3.8, 4) is 0 Å². The third-order valence-corrected chi connectivity index (χ3v) is 6.28.